The Bertz CT molecular complexity index is 614. The molecule has 2 aliphatic rings. The van der Waals surface area contributed by atoms with E-state index in [1.807, 2.05) is 34.6 Å². The number of carboxylic acid groups (broad SMARTS) is 1. The number of carbonyl (C=O) groups is 3. The zero-order valence-corrected chi connectivity index (χ0v) is 17.0. The predicted molar refractivity (Wildman–Crippen MR) is 96.5 cm³/mol. The molecule has 1 saturated carbocycles. The van der Waals surface area contributed by atoms with Gasteiger partial charge in [0.15, 0.2) is 0 Å². The largest absolute Gasteiger partial charge is 0.480 e. The van der Waals surface area contributed by atoms with Crippen molar-refractivity contribution in [1.82, 2.24) is 10.2 Å². The van der Waals surface area contributed by atoms with Gasteiger partial charge in [0.1, 0.15) is 17.7 Å². The third-order valence-corrected chi connectivity index (χ3v) is 5.52. The average molecular weight is 368 g/mol. The highest BCUT2D eigenvalue weighted by Crippen LogP contribution is 2.65. The van der Waals surface area contributed by atoms with Crippen LogP contribution in [-0.4, -0.2) is 52.2 Å². The van der Waals surface area contributed by atoms with E-state index in [1.165, 1.54) is 4.90 Å². The van der Waals surface area contributed by atoms with Gasteiger partial charge in [-0.05, 0) is 37.5 Å². The summed E-state index contributed by atoms with van der Waals surface area (Å²) >= 11 is 0. The number of alkyl carbamates (subject to hydrolysis) is 1. The number of piperidine rings is 1. The summed E-state index contributed by atoms with van der Waals surface area (Å²) < 4.78 is 5.28. The smallest absolute Gasteiger partial charge is 0.408 e. The van der Waals surface area contributed by atoms with Crippen LogP contribution < -0.4 is 5.32 Å². The molecule has 2 rings (SSSR count). The van der Waals surface area contributed by atoms with E-state index >= 15 is 0 Å². The zero-order valence-electron chi connectivity index (χ0n) is 17.0. The molecular formula is C19H32N2O5. The van der Waals surface area contributed by atoms with Crippen LogP contribution in [0.15, 0.2) is 0 Å². The number of aliphatic carboxylic acids is 1. The van der Waals surface area contributed by atoms with E-state index < -0.39 is 35.2 Å². The van der Waals surface area contributed by atoms with Crippen molar-refractivity contribution in [2.75, 3.05) is 6.54 Å². The van der Waals surface area contributed by atoms with Crippen LogP contribution >= 0.6 is 0 Å². The number of hydrogen-bond donors (Lipinski definition) is 2. The third-order valence-electron chi connectivity index (χ3n) is 5.52. The Morgan fingerprint density at radius 3 is 2.12 bits per heavy atom. The Kier molecular flexibility index (Phi) is 4.84. The maximum absolute atomic E-state index is 13.2. The molecule has 148 valence electrons. The quantitative estimate of drug-likeness (QED) is 0.798. The van der Waals surface area contributed by atoms with Gasteiger partial charge in [0.25, 0.3) is 0 Å². The molecule has 1 aliphatic carbocycles. The van der Waals surface area contributed by atoms with Crippen LogP contribution in [-0.2, 0) is 14.3 Å². The highest BCUT2D eigenvalue weighted by atomic mass is 16.6. The van der Waals surface area contributed by atoms with Gasteiger partial charge < -0.3 is 20.1 Å². The van der Waals surface area contributed by atoms with Crippen molar-refractivity contribution in [3.63, 3.8) is 0 Å². The van der Waals surface area contributed by atoms with Crippen molar-refractivity contribution in [1.29, 1.82) is 0 Å². The first-order valence-corrected chi connectivity index (χ1v) is 9.10. The number of rotatable bonds is 3. The lowest BCUT2D eigenvalue weighted by atomic mass is 9.85. The average Bonchev–Trinajstić information content (AvgIpc) is 2.81. The summed E-state index contributed by atoms with van der Waals surface area (Å²) in [6.45, 7) is 15.2. The molecule has 0 radical (unpaired) electrons. The molecule has 1 saturated heterocycles. The monoisotopic (exact) mass is 368 g/mol. The molecule has 2 amide bonds. The van der Waals surface area contributed by atoms with Gasteiger partial charge in [-0.3, -0.25) is 4.79 Å². The van der Waals surface area contributed by atoms with Gasteiger partial charge >= 0.3 is 12.1 Å². The van der Waals surface area contributed by atoms with Crippen LogP contribution in [0.5, 0.6) is 0 Å². The molecular weight excluding hydrogens is 336 g/mol. The Balaban J connectivity index is 2.20. The fraction of sp³-hybridized carbons (Fsp3) is 0.842. The lowest BCUT2D eigenvalue weighted by molar-refractivity contribution is -0.152. The second kappa shape index (κ2) is 6.13. The van der Waals surface area contributed by atoms with Crippen LogP contribution in [0.2, 0.25) is 0 Å². The maximum Gasteiger partial charge on any atom is 0.408 e. The molecule has 7 heteroatoms. The van der Waals surface area contributed by atoms with Gasteiger partial charge in [0.05, 0.1) is 0 Å². The number of carboxylic acids is 1. The first kappa shape index (κ1) is 20.5. The molecule has 0 aromatic carbocycles. The molecule has 2 unspecified atom stereocenters. The summed E-state index contributed by atoms with van der Waals surface area (Å²) in [6.07, 6.45) is -0.678. The molecule has 26 heavy (non-hydrogen) atoms. The van der Waals surface area contributed by atoms with Crippen LogP contribution in [0.3, 0.4) is 0 Å². The van der Waals surface area contributed by atoms with Crippen molar-refractivity contribution in [3.05, 3.63) is 0 Å². The Morgan fingerprint density at radius 2 is 1.69 bits per heavy atom. The summed E-state index contributed by atoms with van der Waals surface area (Å²) in [5.74, 6) is -1.19. The van der Waals surface area contributed by atoms with Gasteiger partial charge in [-0.1, -0.05) is 34.6 Å². The van der Waals surface area contributed by atoms with Gasteiger partial charge in [-0.15, -0.1) is 0 Å². The molecule has 1 heterocycles. The second-order valence-electron chi connectivity index (χ2n) is 10.2. The molecule has 4 atom stereocenters. The number of nitrogens with one attached hydrogen (secondary N) is 1. The SMILES string of the molecule is CC(C)(C)OC(=O)N[C@H](C(=O)N1C[C@H]2C(C1C(=O)O)C2(C)C)C(C)(C)C. The molecule has 0 bridgehead atoms. The van der Waals surface area contributed by atoms with E-state index in [4.69, 9.17) is 4.74 Å². The van der Waals surface area contributed by atoms with Crippen LogP contribution in [0.1, 0.15) is 55.4 Å². The summed E-state index contributed by atoms with van der Waals surface area (Å²) in [5.41, 5.74) is -1.33. The van der Waals surface area contributed by atoms with Crippen LogP contribution in [0.4, 0.5) is 4.79 Å². The minimum atomic E-state index is -0.985. The van der Waals surface area contributed by atoms with Crippen molar-refractivity contribution in [2.24, 2.45) is 22.7 Å². The minimum Gasteiger partial charge on any atom is -0.480 e. The highest BCUT2D eigenvalue weighted by molar-refractivity contribution is 5.91. The van der Waals surface area contributed by atoms with Gasteiger partial charge in [0.2, 0.25) is 5.91 Å². The Hall–Kier alpha value is -1.79. The van der Waals surface area contributed by atoms with Crippen molar-refractivity contribution >= 4 is 18.0 Å². The molecule has 1 aliphatic heterocycles. The Morgan fingerprint density at radius 1 is 1.15 bits per heavy atom. The van der Waals surface area contributed by atoms with Crippen LogP contribution in [0.25, 0.3) is 0 Å². The summed E-state index contributed by atoms with van der Waals surface area (Å²) in [4.78, 5) is 38.6. The van der Waals surface area contributed by atoms with E-state index in [-0.39, 0.29) is 23.2 Å². The topological polar surface area (TPSA) is 95.9 Å². The second-order valence-corrected chi connectivity index (χ2v) is 10.2. The molecule has 0 spiro atoms. The zero-order chi connectivity index (χ0) is 20.2. The minimum absolute atomic E-state index is 0.0360. The van der Waals surface area contributed by atoms with Crippen molar-refractivity contribution in [3.8, 4) is 0 Å². The van der Waals surface area contributed by atoms with E-state index in [0.29, 0.717) is 6.54 Å². The molecule has 2 fully saturated rings. The van der Waals surface area contributed by atoms with Crippen molar-refractivity contribution < 1.29 is 24.2 Å². The summed E-state index contributed by atoms with van der Waals surface area (Å²) in [6, 6.07) is -1.70. The number of amides is 2. The molecule has 0 aromatic heterocycles. The standard InChI is InChI=1S/C19H32N2O5/c1-17(2,3)13(20-16(25)26-18(4,5)6)14(22)21-9-10-11(19(10,7)8)12(21)15(23)24/h10-13H,9H2,1-8H3,(H,20,25)(H,23,24)/t10-,11?,12?,13+/m0/s1. The maximum atomic E-state index is 13.2. The van der Waals surface area contributed by atoms with E-state index in [0.717, 1.165) is 0 Å². The normalized spacial score (nSPS) is 28.2. The lowest BCUT2D eigenvalue weighted by Crippen LogP contribution is -2.58. The fourth-order valence-corrected chi connectivity index (χ4v) is 4.04. The fourth-order valence-electron chi connectivity index (χ4n) is 4.04. The van der Waals surface area contributed by atoms with E-state index in [9.17, 15) is 19.5 Å². The number of nitrogens with zero attached hydrogens (tertiary/aromatic N) is 1. The number of ether oxygens (including phenoxy) is 1. The first-order chi connectivity index (χ1) is 11.6. The van der Waals surface area contributed by atoms with E-state index in [2.05, 4.69) is 5.32 Å². The summed E-state index contributed by atoms with van der Waals surface area (Å²) in [7, 11) is 0. The van der Waals surface area contributed by atoms with E-state index in [1.54, 1.807) is 20.8 Å². The third kappa shape index (κ3) is 3.81. The lowest BCUT2D eigenvalue weighted by Gasteiger charge is -2.37. The highest BCUT2D eigenvalue weighted by Gasteiger charge is 2.70. The van der Waals surface area contributed by atoms with Gasteiger partial charge in [0, 0.05) is 12.5 Å². The Labute approximate surface area is 155 Å². The first-order valence-electron chi connectivity index (χ1n) is 9.10. The number of carbonyl (C=O) groups excluding carboxylic acids is 2. The predicted octanol–water partition coefficient (Wildman–Crippen LogP) is 2.49. The number of likely N-dealkylation sites (tertiary alicyclic amines) is 1. The number of hydrogen-bond acceptors (Lipinski definition) is 4. The van der Waals surface area contributed by atoms with Gasteiger partial charge in [-0.2, -0.15) is 0 Å². The number of fused-ring (bicyclic) bond motifs is 1. The molecule has 2 N–H and O–H groups in total. The summed E-state index contributed by atoms with van der Waals surface area (Å²) in [5, 5.41) is 12.3. The van der Waals surface area contributed by atoms with Gasteiger partial charge in [-0.25, -0.2) is 9.59 Å². The molecule has 0 aromatic rings. The van der Waals surface area contributed by atoms with Crippen LogP contribution in [0, 0.1) is 22.7 Å². The van der Waals surface area contributed by atoms with Crippen molar-refractivity contribution in [2.45, 2.75) is 73.1 Å². The molecule has 7 nitrogen and oxygen atoms in total.